The van der Waals surface area contributed by atoms with E-state index in [1.54, 1.807) is 18.9 Å². The highest BCUT2D eigenvalue weighted by molar-refractivity contribution is 7.88. The van der Waals surface area contributed by atoms with Gasteiger partial charge in [0, 0.05) is 6.54 Å². The summed E-state index contributed by atoms with van der Waals surface area (Å²) in [6.45, 7) is 5.68. The molecule has 1 fully saturated rings. The van der Waals surface area contributed by atoms with Crippen molar-refractivity contribution in [3.63, 3.8) is 0 Å². The third-order valence-electron chi connectivity index (χ3n) is 6.01. The van der Waals surface area contributed by atoms with Gasteiger partial charge in [0.2, 0.25) is 21.8 Å². The summed E-state index contributed by atoms with van der Waals surface area (Å²) in [6, 6.07) is 2.91. The minimum atomic E-state index is -3.61. The average Bonchev–Trinajstić information content (AvgIpc) is 3.33. The van der Waals surface area contributed by atoms with Crippen molar-refractivity contribution < 1.29 is 27.1 Å². The van der Waals surface area contributed by atoms with Crippen molar-refractivity contribution in [3.05, 3.63) is 42.0 Å². The molecule has 2 aliphatic rings. The van der Waals surface area contributed by atoms with E-state index in [4.69, 9.17) is 4.74 Å². The Morgan fingerprint density at radius 2 is 1.82 bits per heavy atom. The van der Waals surface area contributed by atoms with Crippen molar-refractivity contribution in [3.8, 4) is 5.75 Å². The number of ether oxygens (including phenoxy) is 1. The van der Waals surface area contributed by atoms with E-state index in [0.29, 0.717) is 18.7 Å². The number of nitrogens with one attached hydrogen (secondary N) is 2. The van der Waals surface area contributed by atoms with Crippen molar-refractivity contribution in [2.24, 2.45) is 5.92 Å². The molecule has 11 heteroatoms. The number of hydrogen-bond donors (Lipinski definition) is 2. The highest BCUT2D eigenvalue weighted by Gasteiger charge is 2.51. The van der Waals surface area contributed by atoms with E-state index in [2.05, 4.69) is 10.6 Å². The Hall–Kier alpha value is -2.66. The number of nitrogens with zero attached hydrogens (tertiary/aromatic N) is 2. The lowest BCUT2D eigenvalue weighted by Gasteiger charge is -2.32. The van der Waals surface area contributed by atoms with E-state index >= 15 is 0 Å². The highest BCUT2D eigenvalue weighted by atomic mass is 32.2. The molecule has 2 heterocycles. The summed E-state index contributed by atoms with van der Waals surface area (Å²) in [5.41, 5.74) is 0. The third-order valence-corrected chi connectivity index (χ3v) is 7.15. The first-order valence-corrected chi connectivity index (χ1v) is 12.7. The monoisotopic (exact) mass is 482 g/mol. The fourth-order valence-corrected chi connectivity index (χ4v) is 5.11. The van der Waals surface area contributed by atoms with Gasteiger partial charge in [-0.2, -0.15) is 0 Å². The van der Waals surface area contributed by atoms with Gasteiger partial charge in [-0.3, -0.25) is 13.9 Å². The van der Waals surface area contributed by atoms with Crippen LogP contribution in [0.15, 0.2) is 36.2 Å². The number of sulfonamides is 1. The largest absolute Gasteiger partial charge is 0.458 e. The number of rotatable bonds is 8. The second-order valence-electron chi connectivity index (χ2n) is 8.75. The first-order chi connectivity index (χ1) is 15.4. The predicted octanol–water partition coefficient (Wildman–Crippen LogP) is 1.04. The van der Waals surface area contributed by atoms with Gasteiger partial charge in [-0.25, -0.2) is 12.8 Å². The Morgan fingerprint density at radius 1 is 1.18 bits per heavy atom. The van der Waals surface area contributed by atoms with Gasteiger partial charge in [-0.05, 0) is 50.6 Å². The number of likely N-dealkylation sites (N-methyl/N-ethyl adjacent to an activating group) is 1. The molecule has 2 N–H and O–H groups in total. The number of hydrogen-bond acceptors (Lipinski definition) is 6. The second kappa shape index (κ2) is 9.68. The van der Waals surface area contributed by atoms with Crippen molar-refractivity contribution in [2.45, 2.75) is 51.4 Å². The number of carbonyl (C=O) groups excluding carboxylic acids is 2. The maximum absolute atomic E-state index is 13.6. The van der Waals surface area contributed by atoms with Gasteiger partial charge in [0.15, 0.2) is 0 Å². The number of likely N-dealkylation sites (tertiary alicyclic amines) is 1. The predicted molar refractivity (Wildman–Crippen MR) is 121 cm³/mol. The quantitative estimate of drug-likeness (QED) is 0.573. The highest BCUT2D eigenvalue weighted by Crippen LogP contribution is 2.37. The maximum atomic E-state index is 13.6. The zero-order valence-corrected chi connectivity index (χ0v) is 20.2. The summed E-state index contributed by atoms with van der Waals surface area (Å²) in [6.07, 6.45) is 2.91. The SMILES string of the molecule is CNC(C)C(=O)NC(C(=O)N1CCC2C1C(Oc1ccc(F)cc1)=CN2S(C)(=O)=O)C(C)C. The molecule has 0 radical (unpaired) electrons. The van der Waals surface area contributed by atoms with E-state index < -0.39 is 40.0 Å². The molecule has 33 heavy (non-hydrogen) atoms. The van der Waals surface area contributed by atoms with Crippen LogP contribution in [0.25, 0.3) is 0 Å². The van der Waals surface area contributed by atoms with Crippen LogP contribution in [0.4, 0.5) is 4.39 Å². The van der Waals surface area contributed by atoms with Crippen LogP contribution in [0.5, 0.6) is 5.75 Å². The molecule has 1 saturated heterocycles. The molecule has 0 bridgehead atoms. The van der Waals surface area contributed by atoms with E-state index in [1.807, 2.05) is 13.8 Å². The number of benzene rings is 1. The van der Waals surface area contributed by atoms with Crippen molar-refractivity contribution >= 4 is 21.8 Å². The molecule has 4 unspecified atom stereocenters. The van der Waals surface area contributed by atoms with Crippen LogP contribution in [0.2, 0.25) is 0 Å². The lowest BCUT2D eigenvalue weighted by molar-refractivity contribution is -0.138. The van der Waals surface area contributed by atoms with E-state index in [9.17, 15) is 22.4 Å². The van der Waals surface area contributed by atoms with Gasteiger partial charge >= 0.3 is 0 Å². The zero-order chi connectivity index (χ0) is 24.5. The van der Waals surface area contributed by atoms with Crippen LogP contribution >= 0.6 is 0 Å². The van der Waals surface area contributed by atoms with Crippen molar-refractivity contribution in [2.75, 3.05) is 19.8 Å². The first-order valence-electron chi connectivity index (χ1n) is 10.9. The van der Waals surface area contributed by atoms with Gasteiger partial charge in [-0.15, -0.1) is 0 Å². The summed E-state index contributed by atoms with van der Waals surface area (Å²) < 4.78 is 45.2. The molecular weight excluding hydrogens is 451 g/mol. The summed E-state index contributed by atoms with van der Waals surface area (Å²) in [7, 11) is -1.95. The molecule has 2 amide bonds. The van der Waals surface area contributed by atoms with E-state index in [0.717, 1.165) is 6.26 Å². The molecule has 182 valence electrons. The number of carbonyl (C=O) groups is 2. The van der Waals surface area contributed by atoms with Crippen molar-refractivity contribution in [1.82, 2.24) is 19.8 Å². The van der Waals surface area contributed by atoms with Gasteiger partial charge < -0.3 is 20.3 Å². The molecule has 0 spiro atoms. The lowest BCUT2D eigenvalue weighted by atomic mass is 10.0. The summed E-state index contributed by atoms with van der Waals surface area (Å²) >= 11 is 0. The lowest BCUT2D eigenvalue weighted by Crippen LogP contribution is -2.56. The summed E-state index contributed by atoms with van der Waals surface area (Å²) in [4.78, 5) is 27.6. The van der Waals surface area contributed by atoms with E-state index in [1.165, 1.54) is 34.8 Å². The Balaban J connectivity index is 1.90. The minimum absolute atomic E-state index is 0.192. The van der Waals surface area contributed by atoms with Crippen LogP contribution in [-0.4, -0.2) is 73.5 Å². The molecule has 0 aromatic heterocycles. The standard InChI is InChI=1S/C22H31FN4O5S/c1-13(2)19(25-21(28)14(3)24-4)22(29)26-11-10-17-20(26)18(12-27(17)33(5,30)31)32-16-8-6-15(23)7-9-16/h6-9,12-14,17,19-20,24H,10-11H2,1-5H3,(H,25,28). The molecule has 4 atom stereocenters. The number of amides is 2. The van der Waals surface area contributed by atoms with Crippen LogP contribution < -0.4 is 15.4 Å². The summed E-state index contributed by atoms with van der Waals surface area (Å²) in [5, 5.41) is 5.66. The Labute approximate surface area is 194 Å². The fraction of sp³-hybridized carbons (Fsp3) is 0.545. The fourth-order valence-electron chi connectivity index (χ4n) is 4.10. The van der Waals surface area contributed by atoms with Crippen LogP contribution in [0.3, 0.4) is 0 Å². The molecule has 3 rings (SSSR count). The Bertz CT molecular complexity index is 1030. The maximum Gasteiger partial charge on any atom is 0.246 e. The minimum Gasteiger partial charge on any atom is -0.458 e. The molecule has 2 aliphatic heterocycles. The topological polar surface area (TPSA) is 108 Å². The molecule has 9 nitrogen and oxygen atoms in total. The van der Waals surface area contributed by atoms with Gasteiger partial charge in [0.25, 0.3) is 0 Å². The smallest absolute Gasteiger partial charge is 0.246 e. The average molecular weight is 483 g/mol. The first kappa shape index (κ1) is 25.0. The molecule has 0 aliphatic carbocycles. The molecule has 1 aromatic rings. The van der Waals surface area contributed by atoms with Crippen LogP contribution in [0, 0.1) is 11.7 Å². The van der Waals surface area contributed by atoms with E-state index in [-0.39, 0.29) is 23.5 Å². The van der Waals surface area contributed by atoms with Crippen LogP contribution in [-0.2, 0) is 19.6 Å². The van der Waals surface area contributed by atoms with Crippen molar-refractivity contribution in [1.29, 1.82) is 0 Å². The Morgan fingerprint density at radius 3 is 2.36 bits per heavy atom. The normalized spacial score (nSPS) is 22.1. The zero-order valence-electron chi connectivity index (χ0n) is 19.4. The second-order valence-corrected chi connectivity index (χ2v) is 10.6. The molecule has 0 saturated carbocycles. The van der Waals surface area contributed by atoms with Gasteiger partial charge in [-0.1, -0.05) is 13.8 Å². The van der Waals surface area contributed by atoms with Gasteiger partial charge in [0.1, 0.15) is 29.4 Å². The molecule has 1 aromatic carbocycles. The van der Waals surface area contributed by atoms with Crippen LogP contribution in [0.1, 0.15) is 27.2 Å². The number of halogens is 1. The number of fused-ring (bicyclic) bond motifs is 1. The summed E-state index contributed by atoms with van der Waals surface area (Å²) in [5.74, 6) is -0.626. The van der Waals surface area contributed by atoms with Gasteiger partial charge in [0.05, 0.1) is 24.5 Å². The Kier molecular flexibility index (Phi) is 7.32. The third kappa shape index (κ3) is 5.30. The molecular formula is C22H31FN4O5S.